The summed E-state index contributed by atoms with van der Waals surface area (Å²) in [6, 6.07) is 10.1. The molecule has 1 amide bonds. The third kappa shape index (κ3) is 4.87. The first kappa shape index (κ1) is 24.3. The number of thiophene rings is 1. The molecule has 32 heavy (non-hydrogen) atoms. The Bertz CT molecular complexity index is 1320. The Hall–Kier alpha value is -2.30. The molecule has 2 heterocycles. The molecule has 2 aromatic heterocycles. The third-order valence-corrected chi connectivity index (χ3v) is 7.16. The van der Waals surface area contributed by atoms with Gasteiger partial charge in [-0.05, 0) is 50.8 Å². The number of amides is 1. The van der Waals surface area contributed by atoms with Crippen molar-refractivity contribution in [1.82, 2.24) is 9.88 Å². The first-order valence-corrected chi connectivity index (χ1v) is 11.5. The van der Waals surface area contributed by atoms with Gasteiger partial charge in [0.25, 0.3) is 11.6 Å². The molecule has 4 aromatic rings. The van der Waals surface area contributed by atoms with Gasteiger partial charge in [-0.1, -0.05) is 22.9 Å². The first-order valence-electron chi connectivity index (χ1n) is 9.44. The zero-order valence-electron chi connectivity index (χ0n) is 17.5. The van der Waals surface area contributed by atoms with Crippen molar-refractivity contribution in [3.05, 3.63) is 62.0 Å². The lowest BCUT2D eigenvalue weighted by Gasteiger charge is -2.21. The van der Waals surface area contributed by atoms with Crippen LogP contribution in [0.3, 0.4) is 0 Å². The topological polar surface area (TPSA) is 79.6 Å². The fraction of sp³-hybridized carbons (Fsp3) is 0.238. The smallest absolute Gasteiger partial charge is 0.270 e. The number of rotatable bonds is 6. The van der Waals surface area contributed by atoms with Gasteiger partial charge in [-0.25, -0.2) is 4.98 Å². The van der Waals surface area contributed by atoms with E-state index in [0.29, 0.717) is 33.5 Å². The van der Waals surface area contributed by atoms with E-state index in [1.807, 2.05) is 38.1 Å². The maximum atomic E-state index is 13.5. The van der Waals surface area contributed by atoms with Crippen LogP contribution in [0.5, 0.6) is 0 Å². The van der Waals surface area contributed by atoms with Crippen LogP contribution in [0.25, 0.3) is 20.3 Å². The number of hydrogen-bond donors (Lipinski definition) is 0. The van der Waals surface area contributed by atoms with E-state index in [0.717, 1.165) is 20.5 Å². The molecule has 11 heteroatoms. The molecule has 0 atom stereocenters. The van der Waals surface area contributed by atoms with Gasteiger partial charge in [0.15, 0.2) is 5.13 Å². The van der Waals surface area contributed by atoms with Crippen LogP contribution in [0, 0.1) is 17.0 Å². The maximum Gasteiger partial charge on any atom is 0.270 e. The van der Waals surface area contributed by atoms with E-state index in [1.165, 1.54) is 34.8 Å². The second kappa shape index (κ2) is 9.68. The van der Waals surface area contributed by atoms with Gasteiger partial charge in [0.2, 0.25) is 0 Å². The number of nitro groups is 1. The molecule has 0 saturated heterocycles. The number of non-ortho nitro benzene ring substituents is 1. The number of nitrogens with zero attached hydrogens (tertiary/aromatic N) is 4. The SMILES string of the molecule is Cc1cc(Cl)cc2sc(N(CCN(C)C)C(=O)c3cc4cc([N+](=O)[O-])ccc4s3)nc12.Cl. The molecular formula is C21H20Cl2N4O3S2. The Morgan fingerprint density at radius 3 is 2.56 bits per heavy atom. The summed E-state index contributed by atoms with van der Waals surface area (Å²) in [5, 5.41) is 13.0. The van der Waals surface area contributed by atoms with E-state index < -0.39 is 4.92 Å². The number of aryl methyl sites for hydroxylation is 1. The molecule has 0 N–H and O–H groups in total. The van der Waals surface area contributed by atoms with Crippen LogP contribution < -0.4 is 4.90 Å². The van der Waals surface area contributed by atoms with Crippen LogP contribution in [0.4, 0.5) is 10.8 Å². The number of fused-ring (bicyclic) bond motifs is 2. The molecule has 2 aromatic carbocycles. The Labute approximate surface area is 203 Å². The molecule has 168 valence electrons. The van der Waals surface area contributed by atoms with Crippen molar-refractivity contribution < 1.29 is 9.72 Å². The van der Waals surface area contributed by atoms with Crippen molar-refractivity contribution in [1.29, 1.82) is 0 Å². The van der Waals surface area contributed by atoms with Crippen molar-refractivity contribution in [3.63, 3.8) is 0 Å². The number of nitro benzene ring substituents is 1. The minimum atomic E-state index is -0.434. The minimum absolute atomic E-state index is 0. The lowest BCUT2D eigenvalue weighted by atomic mass is 10.2. The van der Waals surface area contributed by atoms with E-state index >= 15 is 0 Å². The molecule has 0 saturated carbocycles. The normalized spacial score (nSPS) is 11.2. The molecule has 0 fully saturated rings. The summed E-state index contributed by atoms with van der Waals surface area (Å²) >= 11 is 8.95. The van der Waals surface area contributed by atoms with Crippen molar-refractivity contribution in [2.45, 2.75) is 6.92 Å². The first-order chi connectivity index (χ1) is 14.7. The number of carbonyl (C=O) groups excluding carboxylic acids is 1. The van der Waals surface area contributed by atoms with Crippen LogP contribution in [0.15, 0.2) is 36.4 Å². The minimum Gasteiger partial charge on any atom is -0.308 e. The quantitative estimate of drug-likeness (QED) is 0.234. The number of carbonyl (C=O) groups is 1. The summed E-state index contributed by atoms with van der Waals surface area (Å²) < 4.78 is 1.75. The van der Waals surface area contributed by atoms with Crippen LogP contribution in [0.2, 0.25) is 5.02 Å². The van der Waals surface area contributed by atoms with Gasteiger partial charge < -0.3 is 4.90 Å². The highest BCUT2D eigenvalue weighted by molar-refractivity contribution is 7.23. The van der Waals surface area contributed by atoms with E-state index in [-0.39, 0.29) is 24.0 Å². The summed E-state index contributed by atoms with van der Waals surface area (Å²) in [6.45, 7) is 3.08. The predicted octanol–water partition coefficient (Wildman–Crippen LogP) is 6.01. The zero-order valence-corrected chi connectivity index (χ0v) is 20.7. The Kier molecular flexibility index (Phi) is 7.36. The van der Waals surface area contributed by atoms with Crippen LogP contribution >= 0.6 is 46.7 Å². The maximum absolute atomic E-state index is 13.5. The molecule has 7 nitrogen and oxygen atoms in total. The van der Waals surface area contributed by atoms with Gasteiger partial charge in [-0.2, -0.15) is 0 Å². The highest BCUT2D eigenvalue weighted by atomic mass is 35.5. The number of benzene rings is 2. The Morgan fingerprint density at radius 1 is 1.12 bits per heavy atom. The van der Waals surface area contributed by atoms with Crippen LogP contribution in [-0.4, -0.2) is 47.9 Å². The zero-order chi connectivity index (χ0) is 22.3. The molecule has 0 unspecified atom stereocenters. The van der Waals surface area contributed by atoms with Gasteiger partial charge >= 0.3 is 0 Å². The third-order valence-electron chi connectivity index (χ3n) is 4.81. The molecule has 0 radical (unpaired) electrons. The monoisotopic (exact) mass is 510 g/mol. The predicted molar refractivity (Wildman–Crippen MR) is 135 cm³/mol. The van der Waals surface area contributed by atoms with Gasteiger partial charge in [-0.3, -0.25) is 19.8 Å². The molecule has 0 aliphatic carbocycles. The van der Waals surface area contributed by atoms with Gasteiger partial charge in [0.05, 0.1) is 20.0 Å². The highest BCUT2D eigenvalue weighted by Gasteiger charge is 2.24. The van der Waals surface area contributed by atoms with Crippen molar-refractivity contribution in [2.75, 3.05) is 32.1 Å². The van der Waals surface area contributed by atoms with Gasteiger partial charge in [-0.15, -0.1) is 23.7 Å². The molecule has 0 spiro atoms. The van der Waals surface area contributed by atoms with E-state index in [4.69, 9.17) is 16.6 Å². The second-order valence-corrected chi connectivity index (χ2v) is 9.95. The van der Waals surface area contributed by atoms with Gasteiger partial charge in [0, 0.05) is 40.3 Å². The summed E-state index contributed by atoms with van der Waals surface area (Å²) in [7, 11) is 3.90. The average Bonchev–Trinajstić information content (AvgIpc) is 3.31. The number of hydrogen-bond acceptors (Lipinski definition) is 7. The Balaban J connectivity index is 0.00000289. The molecular weight excluding hydrogens is 491 g/mol. The van der Waals surface area contributed by atoms with Crippen molar-refractivity contribution in [3.8, 4) is 0 Å². The average molecular weight is 511 g/mol. The van der Waals surface area contributed by atoms with Crippen LogP contribution in [0.1, 0.15) is 15.2 Å². The van der Waals surface area contributed by atoms with Gasteiger partial charge in [0.1, 0.15) is 0 Å². The number of likely N-dealkylation sites (N-methyl/N-ethyl adjacent to an activating group) is 1. The molecule has 4 rings (SSSR count). The lowest BCUT2D eigenvalue weighted by Crippen LogP contribution is -2.36. The van der Waals surface area contributed by atoms with Crippen molar-refractivity contribution in [2.24, 2.45) is 0 Å². The molecule has 0 aliphatic rings. The Morgan fingerprint density at radius 2 is 1.88 bits per heavy atom. The molecule has 0 bridgehead atoms. The fourth-order valence-electron chi connectivity index (χ4n) is 3.22. The lowest BCUT2D eigenvalue weighted by molar-refractivity contribution is -0.384. The fourth-order valence-corrected chi connectivity index (χ4v) is 5.66. The van der Waals surface area contributed by atoms with E-state index in [1.54, 1.807) is 17.0 Å². The number of aromatic nitrogens is 1. The van der Waals surface area contributed by atoms with E-state index in [9.17, 15) is 14.9 Å². The largest absolute Gasteiger partial charge is 0.308 e. The number of thiazole rings is 1. The second-order valence-electron chi connectivity index (χ2n) is 7.42. The van der Waals surface area contributed by atoms with Crippen LogP contribution in [-0.2, 0) is 0 Å². The number of halogens is 2. The number of anilines is 1. The summed E-state index contributed by atoms with van der Waals surface area (Å²) in [5.74, 6) is -0.173. The summed E-state index contributed by atoms with van der Waals surface area (Å²) in [4.78, 5) is 33.1. The molecule has 0 aliphatic heterocycles. The summed E-state index contributed by atoms with van der Waals surface area (Å²) in [6.07, 6.45) is 0. The standard InChI is InChI=1S/C21H19ClN4O3S2.ClH/c1-12-8-14(22)11-17-19(12)23-21(31-17)25(7-6-24(2)3)20(27)18-10-13-9-15(26(28)29)4-5-16(13)30-18;/h4-5,8-11H,6-7H2,1-3H3;1H. The van der Waals surface area contributed by atoms with E-state index in [2.05, 4.69) is 0 Å². The summed E-state index contributed by atoms with van der Waals surface area (Å²) in [5.41, 5.74) is 1.80. The highest BCUT2D eigenvalue weighted by Crippen LogP contribution is 2.35. The van der Waals surface area contributed by atoms with Crippen molar-refractivity contribution >= 4 is 83.7 Å².